The molecule has 1 aliphatic rings. The summed E-state index contributed by atoms with van der Waals surface area (Å²) in [6.45, 7) is 7.68. The minimum Gasteiger partial charge on any atom is -0.462 e. The minimum absolute atomic E-state index is 0.0503. The molecule has 0 radical (unpaired) electrons. The maximum Gasteiger partial charge on any atom is 0.272 e. The highest BCUT2D eigenvalue weighted by atomic mass is 16.7. The van der Waals surface area contributed by atoms with E-state index in [9.17, 15) is 0 Å². The standard InChI is InChI=1S/C9H16O3/c1-3-4-5-10-6-9-7-11-8(2)12-9/h9H,2-7H2,1H3. The Labute approximate surface area is 73.3 Å². The first-order valence-corrected chi connectivity index (χ1v) is 4.39. The van der Waals surface area contributed by atoms with Crippen molar-refractivity contribution in [2.45, 2.75) is 25.9 Å². The van der Waals surface area contributed by atoms with Gasteiger partial charge < -0.3 is 14.2 Å². The molecule has 3 heteroatoms. The van der Waals surface area contributed by atoms with Crippen molar-refractivity contribution in [3.63, 3.8) is 0 Å². The molecule has 1 atom stereocenters. The number of ether oxygens (including phenoxy) is 3. The molecule has 1 unspecified atom stereocenters. The van der Waals surface area contributed by atoms with Crippen LogP contribution >= 0.6 is 0 Å². The second-order valence-corrected chi connectivity index (χ2v) is 2.85. The van der Waals surface area contributed by atoms with Crippen molar-refractivity contribution in [1.29, 1.82) is 0 Å². The molecule has 1 heterocycles. The van der Waals surface area contributed by atoms with E-state index in [1.165, 1.54) is 0 Å². The fraction of sp³-hybridized carbons (Fsp3) is 0.778. The predicted octanol–water partition coefficient (Wildman–Crippen LogP) is 1.69. The highest BCUT2D eigenvalue weighted by Gasteiger charge is 2.19. The molecule has 0 aliphatic carbocycles. The molecule has 1 fully saturated rings. The molecule has 12 heavy (non-hydrogen) atoms. The van der Waals surface area contributed by atoms with E-state index >= 15 is 0 Å². The molecule has 0 spiro atoms. The third-order valence-electron chi connectivity index (χ3n) is 1.67. The highest BCUT2D eigenvalue weighted by molar-refractivity contribution is 4.79. The molecule has 70 valence electrons. The van der Waals surface area contributed by atoms with Crippen LogP contribution < -0.4 is 0 Å². The van der Waals surface area contributed by atoms with Gasteiger partial charge in [-0.2, -0.15) is 0 Å². The second-order valence-electron chi connectivity index (χ2n) is 2.85. The van der Waals surface area contributed by atoms with Crippen LogP contribution in [0.25, 0.3) is 0 Å². The van der Waals surface area contributed by atoms with Crippen LogP contribution in [0, 0.1) is 0 Å². The highest BCUT2D eigenvalue weighted by Crippen LogP contribution is 2.12. The maximum atomic E-state index is 5.36. The van der Waals surface area contributed by atoms with E-state index < -0.39 is 0 Å². The van der Waals surface area contributed by atoms with E-state index in [1.54, 1.807) is 0 Å². The summed E-state index contributed by atoms with van der Waals surface area (Å²) >= 11 is 0. The summed E-state index contributed by atoms with van der Waals surface area (Å²) in [6.07, 6.45) is 2.32. The Bertz CT molecular complexity index is 145. The van der Waals surface area contributed by atoms with Gasteiger partial charge in [0.2, 0.25) is 0 Å². The van der Waals surface area contributed by atoms with Crippen molar-refractivity contribution in [2.75, 3.05) is 19.8 Å². The molecule has 1 aliphatic heterocycles. The van der Waals surface area contributed by atoms with Crippen LogP contribution in [0.1, 0.15) is 19.8 Å². The summed E-state index contributed by atoms with van der Waals surface area (Å²) < 4.78 is 15.6. The van der Waals surface area contributed by atoms with E-state index in [-0.39, 0.29) is 6.10 Å². The number of hydrogen-bond acceptors (Lipinski definition) is 3. The molecule has 1 saturated heterocycles. The molecule has 0 bridgehead atoms. The molecule has 0 N–H and O–H groups in total. The third-order valence-corrected chi connectivity index (χ3v) is 1.67. The molecule has 0 saturated carbocycles. The molecule has 0 aromatic carbocycles. The topological polar surface area (TPSA) is 27.7 Å². The Hall–Kier alpha value is -0.700. The van der Waals surface area contributed by atoms with Crippen molar-refractivity contribution in [3.05, 3.63) is 12.5 Å². The van der Waals surface area contributed by atoms with E-state index in [4.69, 9.17) is 14.2 Å². The lowest BCUT2D eigenvalue weighted by Crippen LogP contribution is -2.17. The summed E-state index contributed by atoms with van der Waals surface area (Å²) in [7, 11) is 0. The number of hydrogen-bond donors (Lipinski definition) is 0. The van der Waals surface area contributed by atoms with Crippen molar-refractivity contribution in [2.24, 2.45) is 0 Å². The molecule has 0 aromatic heterocycles. The van der Waals surface area contributed by atoms with Gasteiger partial charge in [0, 0.05) is 6.61 Å². The molecular formula is C9H16O3. The van der Waals surface area contributed by atoms with E-state index in [1.807, 2.05) is 0 Å². The zero-order valence-electron chi connectivity index (χ0n) is 7.54. The summed E-state index contributed by atoms with van der Waals surface area (Å²) in [6, 6.07) is 0. The van der Waals surface area contributed by atoms with E-state index in [0.29, 0.717) is 19.2 Å². The first-order valence-electron chi connectivity index (χ1n) is 4.39. The fourth-order valence-corrected chi connectivity index (χ4v) is 0.983. The van der Waals surface area contributed by atoms with Gasteiger partial charge in [-0.3, -0.25) is 0 Å². The molecule has 0 aromatic rings. The first-order chi connectivity index (χ1) is 5.83. The first kappa shape index (κ1) is 9.39. The van der Waals surface area contributed by atoms with Gasteiger partial charge in [0.25, 0.3) is 5.95 Å². The maximum absolute atomic E-state index is 5.36. The summed E-state index contributed by atoms with van der Waals surface area (Å²) in [5.41, 5.74) is 0. The average molecular weight is 172 g/mol. The van der Waals surface area contributed by atoms with Gasteiger partial charge >= 0.3 is 0 Å². The van der Waals surface area contributed by atoms with Gasteiger partial charge in [-0.1, -0.05) is 13.3 Å². The van der Waals surface area contributed by atoms with Crippen molar-refractivity contribution < 1.29 is 14.2 Å². The Balaban J connectivity index is 1.97. The van der Waals surface area contributed by atoms with Crippen LogP contribution in [0.4, 0.5) is 0 Å². The monoisotopic (exact) mass is 172 g/mol. The van der Waals surface area contributed by atoms with Gasteiger partial charge in [-0.25, -0.2) is 0 Å². The fourth-order valence-electron chi connectivity index (χ4n) is 0.983. The molecular weight excluding hydrogens is 156 g/mol. The molecule has 1 rings (SSSR count). The zero-order valence-corrected chi connectivity index (χ0v) is 7.54. The SMILES string of the molecule is C=C1OCC(COCCCC)O1. The predicted molar refractivity (Wildman–Crippen MR) is 45.7 cm³/mol. The Morgan fingerprint density at radius 3 is 3.08 bits per heavy atom. The quantitative estimate of drug-likeness (QED) is 0.591. The normalized spacial score (nSPS) is 22.1. The molecule has 3 nitrogen and oxygen atoms in total. The Morgan fingerprint density at radius 1 is 1.67 bits per heavy atom. The van der Waals surface area contributed by atoms with Gasteiger partial charge in [-0.15, -0.1) is 0 Å². The van der Waals surface area contributed by atoms with Crippen LogP contribution in [-0.4, -0.2) is 25.9 Å². The van der Waals surface area contributed by atoms with Gasteiger partial charge in [-0.05, 0) is 13.0 Å². The van der Waals surface area contributed by atoms with E-state index in [2.05, 4.69) is 13.5 Å². The second kappa shape index (κ2) is 5.04. The lowest BCUT2D eigenvalue weighted by Gasteiger charge is -2.07. The Kier molecular flexibility index (Phi) is 3.94. The minimum atomic E-state index is 0.0503. The average Bonchev–Trinajstić information content (AvgIpc) is 2.45. The van der Waals surface area contributed by atoms with Crippen LogP contribution in [0.3, 0.4) is 0 Å². The lowest BCUT2D eigenvalue weighted by atomic mass is 10.3. The summed E-state index contributed by atoms with van der Waals surface area (Å²) in [5, 5.41) is 0. The number of rotatable bonds is 5. The van der Waals surface area contributed by atoms with Crippen molar-refractivity contribution in [1.82, 2.24) is 0 Å². The molecule has 0 amide bonds. The van der Waals surface area contributed by atoms with E-state index in [0.717, 1.165) is 19.4 Å². The number of unbranched alkanes of at least 4 members (excludes halogenated alkanes) is 1. The van der Waals surface area contributed by atoms with Crippen LogP contribution in [-0.2, 0) is 14.2 Å². The Morgan fingerprint density at radius 2 is 2.50 bits per heavy atom. The van der Waals surface area contributed by atoms with Crippen molar-refractivity contribution in [3.8, 4) is 0 Å². The van der Waals surface area contributed by atoms with Crippen molar-refractivity contribution >= 4 is 0 Å². The zero-order chi connectivity index (χ0) is 8.81. The lowest BCUT2D eigenvalue weighted by molar-refractivity contribution is 0.0404. The van der Waals surface area contributed by atoms with Gasteiger partial charge in [0.15, 0.2) is 6.10 Å². The van der Waals surface area contributed by atoms with Gasteiger partial charge in [0.05, 0.1) is 6.61 Å². The van der Waals surface area contributed by atoms with Crippen LogP contribution in [0.2, 0.25) is 0 Å². The largest absolute Gasteiger partial charge is 0.462 e. The van der Waals surface area contributed by atoms with Crippen LogP contribution in [0.5, 0.6) is 0 Å². The van der Waals surface area contributed by atoms with Gasteiger partial charge in [0.1, 0.15) is 6.61 Å². The summed E-state index contributed by atoms with van der Waals surface area (Å²) in [4.78, 5) is 0. The smallest absolute Gasteiger partial charge is 0.272 e. The third kappa shape index (κ3) is 3.13. The summed E-state index contributed by atoms with van der Waals surface area (Å²) in [5.74, 6) is 0.416. The van der Waals surface area contributed by atoms with Crippen LogP contribution in [0.15, 0.2) is 12.5 Å².